The molecule has 1 saturated heterocycles. The fourth-order valence-corrected chi connectivity index (χ4v) is 4.22. The van der Waals surface area contributed by atoms with E-state index in [1.807, 2.05) is 0 Å². The molecule has 1 amide bonds. The van der Waals surface area contributed by atoms with Gasteiger partial charge in [-0.05, 0) is 48.9 Å². The Hall–Kier alpha value is -2.35. The zero-order valence-electron chi connectivity index (χ0n) is 15.4. The zero-order chi connectivity index (χ0) is 19.7. The fraction of sp³-hybridized carbons (Fsp3) is 0.500. The van der Waals surface area contributed by atoms with Crippen molar-refractivity contribution in [2.45, 2.75) is 56.9 Å². The molecule has 1 aliphatic heterocycles. The molecule has 3 atom stereocenters. The number of carbonyl (C=O) groups is 1. The van der Waals surface area contributed by atoms with Gasteiger partial charge < -0.3 is 10.6 Å². The summed E-state index contributed by atoms with van der Waals surface area (Å²) in [7, 11) is 0. The molecule has 150 valence electrons. The first-order valence-electron chi connectivity index (χ1n) is 9.66. The van der Waals surface area contributed by atoms with E-state index in [-0.39, 0.29) is 11.9 Å². The molecule has 1 saturated carbocycles. The standard InChI is InChI=1S/C20H23F3N4O/c21-20(22,23)18-9-10-27(26-18)15-7-5-13(6-8-15)12-24-19(28)17-11-14-3-1-2-4-16(14)25-17/h5-10,14,16-17,25H,1-4,11-12H2,(H,24,28). The minimum atomic E-state index is -4.46. The molecule has 28 heavy (non-hydrogen) atoms. The average molecular weight is 392 g/mol. The van der Waals surface area contributed by atoms with Crippen LogP contribution < -0.4 is 10.6 Å². The van der Waals surface area contributed by atoms with E-state index in [2.05, 4.69) is 15.7 Å². The second-order valence-corrected chi connectivity index (χ2v) is 7.63. The third-order valence-electron chi connectivity index (χ3n) is 5.73. The van der Waals surface area contributed by atoms with Crippen molar-refractivity contribution in [2.75, 3.05) is 0 Å². The summed E-state index contributed by atoms with van der Waals surface area (Å²) in [5.74, 6) is 0.625. The van der Waals surface area contributed by atoms with E-state index in [4.69, 9.17) is 0 Å². The third-order valence-corrected chi connectivity index (χ3v) is 5.73. The molecule has 3 unspecified atom stereocenters. The molecule has 0 radical (unpaired) electrons. The van der Waals surface area contributed by atoms with E-state index in [1.165, 1.54) is 30.1 Å². The minimum absolute atomic E-state index is 0.0142. The van der Waals surface area contributed by atoms with Crippen molar-refractivity contribution in [3.05, 3.63) is 47.8 Å². The Morgan fingerprint density at radius 3 is 2.61 bits per heavy atom. The van der Waals surface area contributed by atoms with Crippen molar-refractivity contribution >= 4 is 5.91 Å². The van der Waals surface area contributed by atoms with Crippen LogP contribution >= 0.6 is 0 Å². The molecule has 8 heteroatoms. The molecular formula is C20H23F3N4O. The Morgan fingerprint density at radius 1 is 1.18 bits per heavy atom. The molecule has 1 aromatic heterocycles. The van der Waals surface area contributed by atoms with Gasteiger partial charge >= 0.3 is 6.18 Å². The number of hydrogen-bond donors (Lipinski definition) is 2. The lowest BCUT2D eigenvalue weighted by Gasteiger charge is -2.24. The summed E-state index contributed by atoms with van der Waals surface area (Å²) < 4.78 is 39.2. The van der Waals surface area contributed by atoms with Crippen LogP contribution in [-0.2, 0) is 17.5 Å². The number of hydrogen-bond acceptors (Lipinski definition) is 3. The lowest BCUT2D eigenvalue weighted by atomic mass is 9.85. The van der Waals surface area contributed by atoms with Crippen molar-refractivity contribution < 1.29 is 18.0 Å². The van der Waals surface area contributed by atoms with Gasteiger partial charge in [0.1, 0.15) is 0 Å². The molecule has 5 nitrogen and oxygen atoms in total. The maximum absolute atomic E-state index is 12.7. The maximum Gasteiger partial charge on any atom is 0.435 e. The van der Waals surface area contributed by atoms with Crippen LogP contribution in [0.3, 0.4) is 0 Å². The Kier molecular flexibility index (Phi) is 5.14. The average Bonchev–Trinajstić information content (AvgIpc) is 3.33. The third kappa shape index (κ3) is 4.06. The smallest absolute Gasteiger partial charge is 0.351 e. The molecule has 4 rings (SSSR count). The summed E-state index contributed by atoms with van der Waals surface area (Å²) in [5.41, 5.74) is 0.497. The maximum atomic E-state index is 12.7. The Bertz CT molecular complexity index is 817. The number of rotatable bonds is 4. The monoisotopic (exact) mass is 392 g/mol. The highest BCUT2D eigenvalue weighted by atomic mass is 19.4. The second kappa shape index (κ2) is 7.58. The number of alkyl halides is 3. The summed E-state index contributed by atoms with van der Waals surface area (Å²) >= 11 is 0. The van der Waals surface area contributed by atoms with Gasteiger partial charge in [0.15, 0.2) is 5.69 Å². The lowest BCUT2D eigenvalue weighted by Crippen LogP contribution is -2.42. The summed E-state index contributed by atoms with van der Waals surface area (Å²) in [5, 5.41) is 9.98. The van der Waals surface area contributed by atoms with E-state index < -0.39 is 11.9 Å². The van der Waals surface area contributed by atoms with E-state index >= 15 is 0 Å². The Morgan fingerprint density at radius 2 is 1.93 bits per heavy atom. The van der Waals surface area contributed by atoms with E-state index in [0.29, 0.717) is 24.2 Å². The van der Waals surface area contributed by atoms with Crippen molar-refractivity contribution in [3.8, 4) is 5.69 Å². The molecule has 0 bridgehead atoms. The molecule has 2 aromatic rings. The lowest BCUT2D eigenvalue weighted by molar-refractivity contribution is -0.141. The molecule has 2 aliphatic rings. The predicted octanol–water partition coefficient (Wildman–Crippen LogP) is 3.43. The highest BCUT2D eigenvalue weighted by molar-refractivity contribution is 5.82. The number of nitrogens with zero attached hydrogens (tertiary/aromatic N) is 2. The quantitative estimate of drug-likeness (QED) is 0.838. The Balaban J connectivity index is 1.32. The van der Waals surface area contributed by atoms with Gasteiger partial charge in [0, 0.05) is 18.8 Å². The molecule has 2 fully saturated rings. The van der Waals surface area contributed by atoms with Crippen LogP contribution in [0.1, 0.15) is 43.4 Å². The molecular weight excluding hydrogens is 369 g/mol. The van der Waals surface area contributed by atoms with Crippen molar-refractivity contribution in [1.29, 1.82) is 0 Å². The highest BCUT2D eigenvalue weighted by Gasteiger charge is 2.38. The summed E-state index contributed by atoms with van der Waals surface area (Å²) in [6.45, 7) is 0.388. The number of benzene rings is 1. The first-order chi connectivity index (χ1) is 13.4. The first-order valence-corrected chi connectivity index (χ1v) is 9.66. The van der Waals surface area contributed by atoms with E-state index in [9.17, 15) is 18.0 Å². The van der Waals surface area contributed by atoms with E-state index in [0.717, 1.165) is 24.5 Å². The van der Waals surface area contributed by atoms with Crippen LogP contribution in [0.15, 0.2) is 36.5 Å². The molecule has 1 aromatic carbocycles. The van der Waals surface area contributed by atoms with Crippen molar-refractivity contribution in [2.24, 2.45) is 5.92 Å². The van der Waals surface area contributed by atoms with Crippen LogP contribution in [-0.4, -0.2) is 27.8 Å². The normalized spacial score (nSPS) is 24.8. The van der Waals surface area contributed by atoms with Crippen LogP contribution in [0, 0.1) is 5.92 Å². The Labute approximate surface area is 161 Å². The first kappa shape index (κ1) is 19.0. The van der Waals surface area contributed by atoms with Crippen LogP contribution in [0.4, 0.5) is 13.2 Å². The van der Waals surface area contributed by atoms with Crippen LogP contribution in [0.25, 0.3) is 5.69 Å². The van der Waals surface area contributed by atoms with E-state index in [1.54, 1.807) is 24.3 Å². The van der Waals surface area contributed by atoms with Crippen molar-refractivity contribution in [3.63, 3.8) is 0 Å². The van der Waals surface area contributed by atoms with Gasteiger partial charge in [-0.3, -0.25) is 4.79 Å². The molecule has 2 N–H and O–H groups in total. The van der Waals surface area contributed by atoms with Gasteiger partial charge in [0.25, 0.3) is 0 Å². The van der Waals surface area contributed by atoms with Gasteiger partial charge in [-0.1, -0.05) is 25.0 Å². The van der Waals surface area contributed by atoms with Crippen molar-refractivity contribution in [1.82, 2.24) is 20.4 Å². The van der Waals surface area contributed by atoms with Gasteiger partial charge in [-0.25, -0.2) is 4.68 Å². The van der Waals surface area contributed by atoms with Gasteiger partial charge in [0.2, 0.25) is 5.91 Å². The molecule has 0 spiro atoms. The fourth-order valence-electron chi connectivity index (χ4n) is 4.22. The predicted molar refractivity (Wildman–Crippen MR) is 97.7 cm³/mol. The van der Waals surface area contributed by atoms with Gasteiger partial charge in [-0.15, -0.1) is 0 Å². The number of amides is 1. The molecule has 1 aliphatic carbocycles. The summed E-state index contributed by atoms with van der Waals surface area (Å²) in [6.07, 6.45) is 2.56. The molecule has 2 heterocycles. The highest BCUT2D eigenvalue weighted by Crippen LogP contribution is 2.33. The van der Waals surface area contributed by atoms with Gasteiger partial charge in [-0.2, -0.15) is 18.3 Å². The number of halogens is 3. The second-order valence-electron chi connectivity index (χ2n) is 7.63. The summed E-state index contributed by atoms with van der Waals surface area (Å²) in [4.78, 5) is 12.5. The number of aromatic nitrogens is 2. The number of nitrogens with one attached hydrogen (secondary N) is 2. The van der Waals surface area contributed by atoms with Crippen LogP contribution in [0.2, 0.25) is 0 Å². The number of carbonyl (C=O) groups excluding carboxylic acids is 1. The number of fused-ring (bicyclic) bond motifs is 1. The largest absolute Gasteiger partial charge is 0.435 e. The SMILES string of the molecule is O=C(NCc1ccc(-n2ccc(C(F)(F)F)n2)cc1)C1CC2CCCCC2N1. The van der Waals surface area contributed by atoms with Gasteiger partial charge in [0.05, 0.1) is 11.7 Å². The van der Waals surface area contributed by atoms with Crippen LogP contribution in [0.5, 0.6) is 0 Å². The minimum Gasteiger partial charge on any atom is -0.351 e. The topological polar surface area (TPSA) is 59.0 Å². The zero-order valence-corrected chi connectivity index (χ0v) is 15.4. The summed E-state index contributed by atoms with van der Waals surface area (Å²) in [6, 6.07) is 8.24.